The number of tetrazole rings is 1. The second kappa shape index (κ2) is 9.82. The van der Waals surface area contributed by atoms with Gasteiger partial charge in [0.1, 0.15) is 5.52 Å². The minimum Gasteiger partial charge on any atom is -0.431 e. The van der Waals surface area contributed by atoms with Gasteiger partial charge in [-0.1, -0.05) is 65.4 Å². The van der Waals surface area contributed by atoms with E-state index in [0.29, 0.717) is 48.7 Å². The summed E-state index contributed by atoms with van der Waals surface area (Å²) >= 11 is 1.49. The Balaban J connectivity index is 1.13. The van der Waals surface area contributed by atoms with Gasteiger partial charge in [0.05, 0.1) is 5.69 Å². The normalized spacial score (nSPS) is 13.9. The van der Waals surface area contributed by atoms with E-state index in [0.717, 1.165) is 22.4 Å². The number of nitrogens with zero attached hydrogens (tertiary/aromatic N) is 7. The van der Waals surface area contributed by atoms with Crippen molar-refractivity contribution in [3.05, 3.63) is 90.0 Å². The monoisotopic (exact) mass is 497 g/mol. The first-order valence-electron chi connectivity index (χ1n) is 11.7. The van der Waals surface area contributed by atoms with Gasteiger partial charge in [-0.15, -0.1) is 0 Å². The number of aromatic nitrogens is 5. The molecular formula is C26H23N7O2S. The molecule has 36 heavy (non-hydrogen) atoms. The molecule has 0 atom stereocenters. The smallest absolute Gasteiger partial charge is 0.257 e. The Bertz CT molecular complexity index is 1460. The minimum atomic E-state index is 0.0334. The largest absolute Gasteiger partial charge is 0.431 e. The van der Waals surface area contributed by atoms with Gasteiger partial charge in [-0.3, -0.25) is 4.79 Å². The van der Waals surface area contributed by atoms with Gasteiger partial charge >= 0.3 is 0 Å². The van der Waals surface area contributed by atoms with Crippen molar-refractivity contribution in [2.75, 3.05) is 31.1 Å². The number of amides is 1. The number of hydrogen-bond donors (Lipinski definition) is 0. The SMILES string of the molecule is O=C(c1ccccc1CSc1nc2ccccc2o1)N1CCN(c2nnnn2-c2ccccc2)CC1. The van der Waals surface area contributed by atoms with E-state index in [-0.39, 0.29) is 5.91 Å². The highest BCUT2D eigenvalue weighted by molar-refractivity contribution is 7.98. The number of thioether (sulfide) groups is 1. The molecule has 5 aromatic rings. The molecule has 2 aromatic heterocycles. The molecule has 9 nitrogen and oxygen atoms in total. The zero-order chi connectivity index (χ0) is 24.3. The summed E-state index contributed by atoms with van der Waals surface area (Å²) in [6, 6.07) is 25.3. The molecule has 3 heterocycles. The molecule has 0 saturated carbocycles. The van der Waals surface area contributed by atoms with Gasteiger partial charge in [0.25, 0.3) is 11.1 Å². The highest BCUT2D eigenvalue weighted by Crippen LogP contribution is 2.28. The summed E-state index contributed by atoms with van der Waals surface area (Å²) in [5.74, 6) is 1.31. The minimum absolute atomic E-state index is 0.0334. The Hall–Kier alpha value is -4.18. The number of carbonyl (C=O) groups is 1. The zero-order valence-corrected chi connectivity index (χ0v) is 20.2. The fraction of sp³-hybridized carbons (Fsp3) is 0.192. The van der Waals surface area contributed by atoms with Crippen LogP contribution >= 0.6 is 11.8 Å². The number of para-hydroxylation sites is 3. The molecule has 1 saturated heterocycles. The Morgan fingerprint density at radius 1 is 0.889 bits per heavy atom. The van der Waals surface area contributed by atoms with Crippen LogP contribution in [0.4, 0.5) is 5.95 Å². The average molecular weight is 498 g/mol. The number of benzene rings is 3. The van der Waals surface area contributed by atoms with Gasteiger partial charge < -0.3 is 14.2 Å². The average Bonchev–Trinajstić information content (AvgIpc) is 3.60. The Morgan fingerprint density at radius 3 is 2.47 bits per heavy atom. The van der Waals surface area contributed by atoms with Crippen LogP contribution in [0.3, 0.4) is 0 Å². The summed E-state index contributed by atoms with van der Waals surface area (Å²) in [5, 5.41) is 12.9. The van der Waals surface area contributed by atoms with Crippen molar-refractivity contribution in [1.82, 2.24) is 30.1 Å². The lowest BCUT2D eigenvalue weighted by molar-refractivity contribution is 0.0745. The van der Waals surface area contributed by atoms with Gasteiger partial charge in [-0.25, -0.2) is 4.98 Å². The summed E-state index contributed by atoms with van der Waals surface area (Å²) in [6.07, 6.45) is 0. The topological polar surface area (TPSA) is 93.2 Å². The molecule has 1 fully saturated rings. The Labute approximate surface area is 211 Å². The highest BCUT2D eigenvalue weighted by Gasteiger charge is 2.26. The first-order chi connectivity index (χ1) is 17.8. The van der Waals surface area contributed by atoms with E-state index in [1.807, 2.05) is 83.8 Å². The zero-order valence-electron chi connectivity index (χ0n) is 19.4. The van der Waals surface area contributed by atoms with Crippen LogP contribution in [0.1, 0.15) is 15.9 Å². The molecule has 1 amide bonds. The number of hydrogen-bond acceptors (Lipinski definition) is 8. The molecule has 0 aliphatic carbocycles. The van der Waals surface area contributed by atoms with Crippen molar-refractivity contribution in [2.45, 2.75) is 11.0 Å². The molecule has 0 unspecified atom stereocenters. The summed E-state index contributed by atoms with van der Waals surface area (Å²) in [5.41, 5.74) is 4.18. The number of oxazole rings is 1. The highest BCUT2D eigenvalue weighted by atomic mass is 32.2. The van der Waals surface area contributed by atoms with Crippen molar-refractivity contribution in [1.29, 1.82) is 0 Å². The maximum atomic E-state index is 13.5. The van der Waals surface area contributed by atoms with Gasteiger partial charge in [0.2, 0.25) is 5.95 Å². The van der Waals surface area contributed by atoms with Gasteiger partial charge in [0, 0.05) is 37.5 Å². The van der Waals surface area contributed by atoms with E-state index in [1.165, 1.54) is 11.8 Å². The van der Waals surface area contributed by atoms with E-state index in [1.54, 1.807) is 4.68 Å². The Morgan fingerprint density at radius 2 is 1.64 bits per heavy atom. The molecule has 180 valence electrons. The van der Waals surface area contributed by atoms with E-state index in [2.05, 4.69) is 25.4 Å². The van der Waals surface area contributed by atoms with E-state index in [9.17, 15) is 4.79 Å². The van der Waals surface area contributed by atoms with Crippen molar-refractivity contribution in [3.8, 4) is 5.69 Å². The molecule has 0 N–H and O–H groups in total. The third-order valence-electron chi connectivity index (χ3n) is 6.18. The molecule has 10 heteroatoms. The second-order valence-electron chi connectivity index (χ2n) is 8.40. The summed E-state index contributed by atoms with van der Waals surface area (Å²) in [6.45, 7) is 2.48. The van der Waals surface area contributed by atoms with Crippen LogP contribution in [0.2, 0.25) is 0 Å². The third kappa shape index (κ3) is 4.42. The summed E-state index contributed by atoms with van der Waals surface area (Å²) in [4.78, 5) is 22.0. The Kier molecular flexibility index (Phi) is 6.08. The van der Waals surface area contributed by atoms with Crippen LogP contribution in [0, 0.1) is 0 Å². The van der Waals surface area contributed by atoms with Crippen molar-refractivity contribution >= 4 is 34.7 Å². The fourth-order valence-corrected chi connectivity index (χ4v) is 5.15. The third-order valence-corrected chi connectivity index (χ3v) is 7.05. The number of carbonyl (C=O) groups excluding carboxylic acids is 1. The predicted molar refractivity (Wildman–Crippen MR) is 137 cm³/mol. The molecule has 0 spiro atoms. The number of anilines is 1. The number of fused-ring (bicyclic) bond motifs is 1. The first-order valence-corrected chi connectivity index (χ1v) is 12.7. The van der Waals surface area contributed by atoms with Gasteiger partial charge in [-0.2, -0.15) is 4.68 Å². The van der Waals surface area contributed by atoms with E-state index < -0.39 is 0 Å². The van der Waals surface area contributed by atoms with Crippen molar-refractivity contribution in [2.24, 2.45) is 0 Å². The molecule has 1 aliphatic rings. The maximum Gasteiger partial charge on any atom is 0.257 e. The van der Waals surface area contributed by atoms with Crippen molar-refractivity contribution < 1.29 is 9.21 Å². The van der Waals surface area contributed by atoms with Crippen LogP contribution < -0.4 is 4.90 Å². The lowest BCUT2D eigenvalue weighted by atomic mass is 10.1. The molecule has 0 bridgehead atoms. The standard InChI is InChI=1S/C26H23N7O2S/c34-24(21-11-5-4-8-19(21)18-36-26-27-22-12-6-7-13-23(22)35-26)31-14-16-32(17-15-31)25-28-29-30-33(25)20-9-2-1-3-10-20/h1-13H,14-18H2. The van der Waals surface area contributed by atoms with Gasteiger partial charge in [0.15, 0.2) is 5.58 Å². The quantitative estimate of drug-likeness (QED) is 0.324. The molecular weight excluding hydrogens is 474 g/mol. The maximum absolute atomic E-state index is 13.5. The first kappa shape index (κ1) is 22.3. The van der Waals surface area contributed by atoms with Crippen LogP contribution in [0.25, 0.3) is 16.8 Å². The summed E-state index contributed by atoms with van der Waals surface area (Å²) in [7, 11) is 0. The fourth-order valence-electron chi connectivity index (χ4n) is 4.30. The number of rotatable bonds is 6. The lowest BCUT2D eigenvalue weighted by Gasteiger charge is -2.35. The van der Waals surface area contributed by atoms with Crippen LogP contribution in [0.5, 0.6) is 0 Å². The van der Waals surface area contributed by atoms with Crippen LogP contribution in [-0.2, 0) is 5.75 Å². The lowest BCUT2D eigenvalue weighted by Crippen LogP contribution is -2.49. The van der Waals surface area contributed by atoms with Gasteiger partial charge in [-0.05, 0) is 46.3 Å². The second-order valence-corrected chi connectivity index (χ2v) is 9.33. The van der Waals surface area contributed by atoms with Crippen LogP contribution in [-0.4, -0.2) is 62.2 Å². The van der Waals surface area contributed by atoms with Crippen LogP contribution in [0.15, 0.2) is 88.5 Å². The summed E-state index contributed by atoms with van der Waals surface area (Å²) < 4.78 is 7.56. The molecule has 0 radical (unpaired) electrons. The molecule has 1 aliphatic heterocycles. The predicted octanol–water partition coefficient (Wildman–Crippen LogP) is 4.06. The van der Waals surface area contributed by atoms with E-state index in [4.69, 9.17) is 4.42 Å². The molecule has 6 rings (SSSR count). The number of piperazine rings is 1. The van der Waals surface area contributed by atoms with E-state index >= 15 is 0 Å². The molecule has 3 aromatic carbocycles. The van der Waals surface area contributed by atoms with Crippen molar-refractivity contribution in [3.63, 3.8) is 0 Å².